The van der Waals surface area contributed by atoms with Crippen molar-refractivity contribution >= 4 is 34.9 Å². The van der Waals surface area contributed by atoms with Crippen LogP contribution in [0.3, 0.4) is 0 Å². The van der Waals surface area contributed by atoms with Gasteiger partial charge in [-0.15, -0.1) is 0 Å². The number of anilines is 2. The van der Waals surface area contributed by atoms with E-state index in [4.69, 9.17) is 16.3 Å². The summed E-state index contributed by atoms with van der Waals surface area (Å²) in [4.78, 5) is 29.6. The van der Waals surface area contributed by atoms with Gasteiger partial charge in [-0.25, -0.2) is 4.79 Å². The molecule has 7 heteroatoms. The molecule has 2 aromatic rings. The second-order valence-corrected chi connectivity index (χ2v) is 7.27. The highest BCUT2D eigenvalue weighted by Gasteiger charge is 2.21. The molecule has 1 N–H and O–H groups in total. The Balaban J connectivity index is 1.88. The minimum absolute atomic E-state index is 0.254. The van der Waals surface area contributed by atoms with Crippen LogP contribution in [0.2, 0.25) is 5.02 Å². The lowest BCUT2D eigenvalue weighted by atomic mass is 10.1. The summed E-state index contributed by atoms with van der Waals surface area (Å²) >= 11 is 5.92. The Kier molecular flexibility index (Phi) is 7.12. The Morgan fingerprint density at radius 3 is 2.28 bits per heavy atom. The van der Waals surface area contributed by atoms with Crippen LogP contribution in [0.25, 0.3) is 0 Å². The molecule has 0 saturated carbocycles. The number of carbonyl (C=O) groups is 2. The fourth-order valence-electron chi connectivity index (χ4n) is 3.35. The van der Waals surface area contributed by atoms with Crippen molar-refractivity contribution in [3.05, 3.63) is 58.6 Å². The fourth-order valence-corrected chi connectivity index (χ4v) is 3.48. The van der Waals surface area contributed by atoms with Crippen LogP contribution in [0.15, 0.2) is 42.5 Å². The van der Waals surface area contributed by atoms with Gasteiger partial charge in [0.15, 0.2) is 0 Å². The zero-order valence-corrected chi connectivity index (χ0v) is 17.5. The number of hydrogen-bond donors (Lipinski definition) is 1. The molecule has 1 amide bonds. The standard InChI is InChI=1S/C22H26ClN3O3/c1-3-25-11-13-26(14-12-25)20-10-7-17(22(28)29-4-2)15-19(20)24-21(27)16-5-8-18(23)9-6-16/h5-10,15H,3-4,11-14H2,1-2H3,(H,24,27). The number of piperazine rings is 1. The number of likely N-dealkylation sites (N-methyl/N-ethyl adjacent to an activating group) is 1. The molecule has 3 rings (SSSR count). The lowest BCUT2D eigenvalue weighted by molar-refractivity contribution is 0.0526. The summed E-state index contributed by atoms with van der Waals surface area (Å²) in [5.41, 5.74) is 2.41. The molecule has 0 spiro atoms. The zero-order chi connectivity index (χ0) is 20.8. The number of rotatable bonds is 6. The van der Waals surface area contributed by atoms with E-state index < -0.39 is 5.97 Å². The van der Waals surface area contributed by atoms with E-state index in [0.29, 0.717) is 28.4 Å². The van der Waals surface area contributed by atoms with Crippen LogP contribution in [-0.2, 0) is 4.74 Å². The predicted molar refractivity (Wildman–Crippen MR) is 116 cm³/mol. The monoisotopic (exact) mass is 415 g/mol. The largest absolute Gasteiger partial charge is 0.462 e. The number of nitrogens with one attached hydrogen (secondary N) is 1. The Hall–Kier alpha value is -2.57. The maximum absolute atomic E-state index is 12.8. The average Bonchev–Trinajstić information content (AvgIpc) is 2.74. The average molecular weight is 416 g/mol. The van der Waals surface area contributed by atoms with E-state index in [1.165, 1.54) is 0 Å². The maximum atomic E-state index is 12.8. The molecule has 0 atom stereocenters. The first kappa shape index (κ1) is 21.1. The van der Waals surface area contributed by atoms with Gasteiger partial charge in [-0.3, -0.25) is 4.79 Å². The normalized spacial score (nSPS) is 14.5. The number of benzene rings is 2. The van der Waals surface area contributed by atoms with Crippen molar-refractivity contribution in [3.8, 4) is 0 Å². The van der Waals surface area contributed by atoms with Crippen molar-refractivity contribution in [1.29, 1.82) is 0 Å². The molecular weight excluding hydrogens is 390 g/mol. The number of ether oxygens (including phenoxy) is 1. The molecule has 154 valence electrons. The molecule has 0 bridgehead atoms. The molecule has 1 heterocycles. The molecule has 0 radical (unpaired) electrons. The number of carbonyl (C=O) groups excluding carboxylic acids is 2. The summed E-state index contributed by atoms with van der Waals surface area (Å²) in [5.74, 6) is -0.659. The first-order valence-electron chi connectivity index (χ1n) is 9.87. The summed E-state index contributed by atoms with van der Waals surface area (Å²) in [5, 5.41) is 3.53. The van der Waals surface area contributed by atoms with Gasteiger partial charge in [-0.2, -0.15) is 0 Å². The third-order valence-corrected chi connectivity index (χ3v) is 5.27. The number of esters is 1. The molecule has 1 aliphatic heterocycles. The highest BCUT2D eigenvalue weighted by Crippen LogP contribution is 2.29. The second kappa shape index (κ2) is 9.76. The van der Waals surface area contributed by atoms with E-state index in [0.717, 1.165) is 38.4 Å². The van der Waals surface area contributed by atoms with Gasteiger partial charge in [-0.05, 0) is 55.9 Å². The van der Waals surface area contributed by atoms with Crippen molar-refractivity contribution in [2.75, 3.05) is 49.5 Å². The summed E-state index contributed by atoms with van der Waals surface area (Å²) < 4.78 is 5.11. The van der Waals surface area contributed by atoms with Gasteiger partial charge in [-0.1, -0.05) is 18.5 Å². The lowest BCUT2D eigenvalue weighted by Gasteiger charge is -2.36. The number of nitrogens with zero attached hydrogens (tertiary/aromatic N) is 2. The molecule has 0 aromatic heterocycles. The fraction of sp³-hybridized carbons (Fsp3) is 0.364. The number of hydrogen-bond acceptors (Lipinski definition) is 5. The topological polar surface area (TPSA) is 61.9 Å². The quantitative estimate of drug-likeness (QED) is 0.725. The second-order valence-electron chi connectivity index (χ2n) is 6.83. The van der Waals surface area contributed by atoms with Crippen LogP contribution in [-0.4, -0.2) is 56.1 Å². The van der Waals surface area contributed by atoms with E-state index in [9.17, 15) is 9.59 Å². The number of amides is 1. The summed E-state index contributed by atoms with van der Waals surface area (Å²) in [7, 11) is 0. The van der Waals surface area contributed by atoms with E-state index in [1.807, 2.05) is 6.07 Å². The third kappa shape index (κ3) is 5.28. The van der Waals surface area contributed by atoms with Gasteiger partial charge < -0.3 is 19.9 Å². The van der Waals surface area contributed by atoms with Crippen LogP contribution in [0, 0.1) is 0 Å². The number of halogens is 1. The van der Waals surface area contributed by atoms with Gasteiger partial charge in [0.05, 0.1) is 23.5 Å². The first-order valence-corrected chi connectivity index (χ1v) is 10.2. The molecule has 1 aliphatic rings. The summed E-state index contributed by atoms with van der Waals surface area (Å²) in [6.07, 6.45) is 0. The van der Waals surface area contributed by atoms with E-state index in [1.54, 1.807) is 43.3 Å². The molecule has 0 unspecified atom stereocenters. The maximum Gasteiger partial charge on any atom is 0.338 e. The van der Waals surface area contributed by atoms with Gasteiger partial charge in [0.2, 0.25) is 0 Å². The van der Waals surface area contributed by atoms with Gasteiger partial charge >= 0.3 is 5.97 Å². The zero-order valence-electron chi connectivity index (χ0n) is 16.8. The molecule has 6 nitrogen and oxygen atoms in total. The molecule has 0 aliphatic carbocycles. The van der Waals surface area contributed by atoms with Crippen LogP contribution >= 0.6 is 11.6 Å². The van der Waals surface area contributed by atoms with E-state index in [2.05, 4.69) is 22.0 Å². The Labute approximate surface area is 176 Å². The van der Waals surface area contributed by atoms with Crippen molar-refractivity contribution in [3.63, 3.8) is 0 Å². The highest BCUT2D eigenvalue weighted by molar-refractivity contribution is 6.30. The van der Waals surface area contributed by atoms with Gasteiger partial charge in [0.1, 0.15) is 0 Å². The minimum Gasteiger partial charge on any atom is -0.462 e. The Bertz CT molecular complexity index is 862. The molecule has 2 aromatic carbocycles. The van der Waals surface area contributed by atoms with Crippen LogP contribution in [0.1, 0.15) is 34.6 Å². The smallest absolute Gasteiger partial charge is 0.338 e. The van der Waals surface area contributed by atoms with Crippen molar-refractivity contribution < 1.29 is 14.3 Å². The minimum atomic E-state index is -0.406. The molecule has 1 saturated heterocycles. The SMILES string of the molecule is CCOC(=O)c1ccc(N2CCN(CC)CC2)c(NC(=O)c2ccc(Cl)cc2)c1. The molecular formula is C22H26ClN3O3. The Morgan fingerprint density at radius 1 is 1.00 bits per heavy atom. The molecule has 1 fully saturated rings. The lowest BCUT2D eigenvalue weighted by Crippen LogP contribution is -2.46. The molecule has 29 heavy (non-hydrogen) atoms. The van der Waals surface area contributed by atoms with E-state index in [-0.39, 0.29) is 5.91 Å². The van der Waals surface area contributed by atoms with Gasteiger partial charge in [0, 0.05) is 36.8 Å². The van der Waals surface area contributed by atoms with Gasteiger partial charge in [0.25, 0.3) is 5.91 Å². The van der Waals surface area contributed by atoms with Crippen molar-refractivity contribution in [2.24, 2.45) is 0 Å². The van der Waals surface area contributed by atoms with Crippen LogP contribution < -0.4 is 10.2 Å². The van der Waals surface area contributed by atoms with Crippen LogP contribution in [0.4, 0.5) is 11.4 Å². The van der Waals surface area contributed by atoms with Crippen molar-refractivity contribution in [2.45, 2.75) is 13.8 Å². The predicted octanol–water partition coefficient (Wildman–Crippen LogP) is 3.91. The van der Waals surface area contributed by atoms with E-state index >= 15 is 0 Å². The van der Waals surface area contributed by atoms with Crippen molar-refractivity contribution in [1.82, 2.24) is 4.90 Å². The highest BCUT2D eigenvalue weighted by atomic mass is 35.5. The Morgan fingerprint density at radius 2 is 1.66 bits per heavy atom. The van der Waals surface area contributed by atoms with Crippen LogP contribution in [0.5, 0.6) is 0 Å². The summed E-state index contributed by atoms with van der Waals surface area (Å²) in [6, 6.07) is 12.0. The first-order chi connectivity index (χ1) is 14.0. The third-order valence-electron chi connectivity index (χ3n) is 5.02. The summed E-state index contributed by atoms with van der Waals surface area (Å²) in [6.45, 7) is 8.88.